The third-order valence-electron chi connectivity index (χ3n) is 2.72. The van der Waals surface area contributed by atoms with Crippen LogP contribution >= 0.6 is 0 Å². The number of halogens is 1. The van der Waals surface area contributed by atoms with Crippen LogP contribution in [0.4, 0.5) is 4.39 Å². The molecule has 0 amide bonds. The highest BCUT2D eigenvalue weighted by atomic mass is 19.1. The van der Waals surface area contributed by atoms with Crippen molar-refractivity contribution >= 4 is 0 Å². The Bertz CT molecular complexity index is 319. The minimum atomic E-state index is -0.956. The number of rotatable bonds is 5. The van der Waals surface area contributed by atoms with Gasteiger partial charge in [-0.1, -0.05) is 20.3 Å². The Hall–Kier alpha value is -0.960. The second-order valence-electron chi connectivity index (χ2n) is 4.92. The fourth-order valence-corrected chi connectivity index (χ4v) is 1.68. The average molecular weight is 225 g/mol. The number of nitrogens with zero attached hydrogens (tertiary/aromatic N) is 1. The van der Waals surface area contributed by atoms with Crippen molar-refractivity contribution in [2.24, 2.45) is 5.92 Å². The quantitative estimate of drug-likeness (QED) is 0.834. The lowest BCUT2D eigenvalue weighted by molar-refractivity contribution is 0.0396. The second-order valence-corrected chi connectivity index (χ2v) is 4.92. The van der Waals surface area contributed by atoms with Gasteiger partial charge in [0.25, 0.3) is 0 Å². The van der Waals surface area contributed by atoms with Gasteiger partial charge in [-0.3, -0.25) is 4.98 Å². The minimum absolute atomic E-state index is 0.373. The van der Waals surface area contributed by atoms with Crippen LogP contribution in [0, 0.1) is 11.7 Å². The molecular formula is C13H20FNO. The van der Waals surface area contributed by atoms with Gasteiger partial charge in [-0.05, 0) is 37.8 Å². The van der Waals surface area contributed by atoms with E-state index in [1.54, 1.807) is 13.0 Å². The first-order valence-electron chi connectivity index (χ1n) is 5.76. The maximum absolute atomic E-state index is 12.7. The summed E-state index contributed by atoms with van der Waals surface area (Å²) in [6, 6.07) is 2.88. The van der Waals surface area contributed by atoms with Crippen molar-refractivity contribution in [1.82, 2.24) is 4.98 Å². The molecule has 0 bridgehead atoms. The zero-order valence-electron chi connectivity index (χ0n) is 10.2. The summed E-state index contributed by atoms with van der Waals surface area (Å²) < 4.78 is 12.7. The molecule has 0 aliphatic rings. The van der Waals surface area contributed by atoms with Gasteiger partial charge < -0.3 is 5.11 Å². The zero-order valence-corrected chi connectivity index (χ0v) is 10.2. The van der Waals surface area contributed by atoms with Crippen LogP contribution in [0.2, 0.25) is 0 Å². The van der Waals surface area contributed by atoms with Gasteiger partial charge in [-0.25, -0.2) is 4.39 Å². The summed E-state index contributed by atoms with van der Waals surface area (Å²) in [5.74, 6) is 0.263. The summed E-state index contributed by atoms with van der Waals surface area (Å²) in [7, 11) is 0. The molecule has 2 nitrogen and oxygen atoms in total. The predicted molar refractivity (Wildman–Crippen MR) is 62.5 cm³/mol. The third kappa shape index (κ3) is 3.89. The highest BCUT2D eigenvalue weighted by Crippen LogP contribution is 2.25. The van der Waals surface area contributed by atoms with E-state index < -0.39 is 5.60 Å². The van der Waals surface area contributed by atoms with Crippen LogP contribution in [0.1, 0.15) is 45.7 Å². The molecule has 1 rings (SSSR count). The van der Waals surface area contributed by atoms with Gasteiger partial charge in [0, 0.05) is 0 Å². The van der Waals surface area contributed by atoms with E-state index in [4.69, 9.17) is 0 Å². The Morgan fingerprint density at radius 2 is 2.12 bits per heavy atom. The molecule has 0 saturated carbocycles. The van der Waals surface area contributed by atoms with Gasteiger partial charge in [0.15, 0.2) is 0 Å². The summed E-state index contributed by atoms with van der Waals surface area (Å²) in [6.45, 7) is 6.04. The van der Waals surface area contributed by atoms with Crippen molar-refractivity contribution in [3.8, 4) is 0 Å². The lowest BCUT2D eigenvalue weighted by Gasteiger charge is -2.22. The standard InChI is InChI=1S/C13H20FNO/c1-10(2)5-4-8-13(3,16)12-7-6-11(14)9-15-12/h6-7,9-10,16H,4-5,8H2,1-3H3. The SMILES string of the molecule is CC(C)CCCC(C)(O)c1ccc(F)cn1. The predicted octanol–water partition coefficient (Wildman–Crippen LogP) is 3.25. The molecule has 0 fully saturated rings. The molecular weight excluding hydrogens is 205 g/mol. The largest absolute Gasteiger partial charge is 0.384 e. The first-order chi connectivity index (χ1) is 7.42. The van der Waals surface area contributed by atoms with Crippen molar-refractivity contribution in [1.29, 1.82) is 0 Å². The molecule has 0 aliphatic heterocycles. The van der Waals surface area contributed by atoms with Gasteiger partial charge in [-0.2, -0.15) is 0 Å². The molecule has 0 aromatic carbocycles. The van der Waals surface area contributed by atoms with Crippen molar-refractivity contribution in [2.75, 3.05) is 0 Å². The van der Waals surface area contributed by atoms with E-state index >= 15 is 0 Å². The van der Waals surface area contributed by atoms with Crippen LogP contribution in [0.25, 0.3) is 0 Å². The fraction of sp³-hybridized carbons (Fsp3) is 0.615. The van der Waals surface area contributed by atoms with Crippen molar-refractivity contribution in [3.63, 3.8) is 0 Å². The van der Waals surface area contributed by atoms with Gasteiger partial charge in [0.1, 0.15) is 11.4 Å². The van der Waals surface area contributed by atoms with E-state index in [2.05, 4.69) is 18.8 Å². The molecule has 0 radical (unpaired) electrons. The average Bonchev–Trinajstić information content (AvgIpc) is 2.17. The molecule has 0 spiro atoms. The Labute approximate surface area is 96.5 Å². The highest BCUT2D eigenvalue weighted by molar-refractivity contribution is 5.12. The number of hydrogen-bond donors (Lipinski definition) is 1. The van der Waals surface area contributed by atoms with Crippen molar-refractivity contribution < 1.29 is 9.50 Å². The monoisotopic (exact) mass is 225 g/mol. The Kier molecular flexibility index (Phi) is 4.42. The van der Waals surface area contributed by atoms with Crippen LogP contribution < -0.4 is 0 Å². The first-order valence-corrected chi connectivity index (χ1v) is 5.76. The lowest BCUT2D eigenvalue weighted by atomic mass is 9.93. The van der Waals surface area contributed by atoms with E-state index in [-0.39, 0.29) is 5.82 Å². The molecule has 16 heavy (non-hydrogen) atoms. The van der Waals surface area contributed by atoms with Crippen molar-refractivity contribution in [3.05, 3.63) is 29.8 Å². The fourth-order valence-electron chi connectivity index (χ4n) is 1.68. The molecule has 1 N–H and O–H groups in total. The topological polar surface area (TPSA) is 33.1 Å². The number of aromatic nitrogens is 1. The van der Waals surface area contributed by atoms with Crippen molar-refractivity contribution in [2.45, 2.75) is 45.6 Å². The van der Waals surface area contributed by atoms with E-state index in [9.17, 15) is 9.50 Å². The van der Waals surface area contributed by atoms with E-state index in [0.717, 1.165) is 19.0 Å². The zero-order chi connectivity index (χ0) is 12.2. The molecule has 90 valence electrons. The Balaban J connectivity index is 2.59. The molecule has 1 unspecified atom stereocenters. The van der Waals surface area contributed by atoms with Crippen LogP contribution in [-0.2, 0) is 5.60 Å². The van der Waals surface area contributed by atoms with Gasteiger partial charge >= 0.3 is 0 Å². The molecule has 1 atom stereocenters. The van der Waals surface area contributed by atoms with Gasteiger partial charge in [0.05, 0.1) is 11.9 Å². The molecule has 3 heteroatoms. The maximum atomic E-state index is 12.7. The van der Waals surface area contributed by atoms with E-state index in [0.29, 0.717) is 18.0 Å². The normalized spacial score (nSPS) is 15.1. The molecule has 0 aliphatic carbocycles. The smallest absolute Gasteiger partial charge is 0.141 e. The Morgan fingerprint density at radius 3 is 2.62 bits per heavy atom. The third-order valence-corrected chi connectivity index (χ3v) is 2.72. The summed E-state index contributed by atoms with van der Waals surface area (Å²) >= 11 is 0. The number of hydrogen-bond acceptors (Lipinski definition) is 2. The van der Waals surface area contributed by atoms with Gasteiger partial charge in [0.2, 0.25) is 0 Å². The first kappa shape index (κ1) is 13.1. The lowest BCUT2D eigenvalue weighted by Crippen LogP contribution is -2.22. The molecule has 1 heterocycles. The van der Waals surface area contributed by atoms with E-state index in [1.807, 2.05) is 0 Å². The van der Waals surface area contributed by atoms with Gasteiger partial charge in [-0.15, -0.1) is 0 Å². The minimum Gasteiger partial charge on any atom is -0.384 e. The van der Waals surface area contributed by atoms with Crippen LogP contribution in [0.15, 0.2) is 18.3 Å². The summed E-state index contributed by atoms with van der Waals surface area (Å²) in [5.41, 5.74) is -0.416. The molecule has 1 aromatic rings. The molecule has 0 saturated heterocycles. The highest BCUT2D eigenvalue weighted by Gasteiger charge is 2.24. The summed E-state index contributed by atoms with van der Waals surface area (Å²) in [4.78, 5) is 3.92. The Morgan fingerprint density at radius 1 is 1.44 bits per heavy atom. The summed E-state index contributed by atoms with van der Waals surface area (Å²) in [5, 5.41) is 10.2. The second kappa shape index (κ2) is 5.39. The van der Waals surface area contributed by atoms with E-state index in [1.165, 1.54) is 6.07 Å². The molecule has 1 aromatic heterocycles. The van der Waals surface area contributed by atoms with Crippen LogP contribution in [0.3, 0.4) is 0 Å². The maximum Gasteiger partial charge on any atom is 0.141 e. The number of aliphatic hydroxyl groups is 1. The summed E-state index contributed by atoms with van der Waals surface area (Å²) in [6.07, 6.45) is 3.83. The number of pyridine rings is 1. The van der Waals surface area contributed by atoms with Crippen LogP contribution in [-0.4, -0.2) is 10.1 Å². The van der Waals surface area contributed by atoms with Crippen LogP contribution in [0.5, 0.6) is 0 Å².